The maximum Gasteiger partial charge on any atom is 0.421 e. The van der Waals surface area contributed by atoms with Crippen LogP contribution >= 0.6 is 0 Å². The quantitative estimate of drug-likeness (QED) is 0.148. The molecule has 5 nitrogen and oxygen atoms in total. The Kier molecular flexibility index (Phi) is 11.5. The van der Waals surface area contributed by atoms with E-state index in [2.05, 4.69) is 308 Å². The Morgan fingerprint density at radius 2 is 0.963 bits per heavy atom. The molecule has 0 saturated carbocycles. The number of fused-ring (bicyclic) bond motifs is 8. The second-order valence-corrected chi connectivity index (χ2v) is 25.6. The fourth-order valence-electron chi connectivity index (χ4n) is 13.8. The van der Waals surface area contributed by atoms with Crippen LogP contribution in [0.5, 0.6) is 11.5 Å². The summed E-state index contributed by atoms with van der Waals surface area (Å²) in [6.45, 7) is 25.2. The summed E-state index contributed by atoms with van der Waals surface area (Å²) in [5.74, 6) is 1.82. The molecule has 0 saturated heterocycles. The van der Waals surface area contributed by atoms with E-state index in [1.807, 2.05) is 0 Å². The van der Waals surface area contributed by atoms with Crippen LogP contribution in [0.3, 0.4) is 0 Å². The summed E-state index contributed by atoms with van der Waals surface area (Å²) in [6, 6.07) is 79.5. The summed E-state index contributed by atoms with van der Waals surface area (Å²) in [6.07, 6.45) is 0. The highest BCUT2D eigenvalue weighted by Crippen LogP contribution is 2.55. The van der Waals surface area contributed by atoms with Crippen molar-refractivity contribution in [3.63, 3.8) is 0 Å². The van der Waals surface area contributed by atoms with Crippen molar-refractivity contribution in [2.24, 2.45) is 0 Å². The Hall–Kier alpha value is -8.67. The van der Waals surface area contributed by atoms with E-state index >= 15 is 0 Å². The Labute approximate surface area is 480 Å². The molecule has 10 aromatic rings. The molecule has 3 aliphatic heterocycles. The molecule has 0 spiro atoms. The van der Waals surface area contributed by atoms with Crippen LogP contribution in [-0.2, 0) is 16.2 Å². The second-order valence-electron chi connectivity index (χ2n) is 25.6. The average molecular weight is 1050 g/mol. The molecular weight excluding hydrogens is 982 g/mol. The van der Waals surface area contributed by atoms with Crippen LogP contribution in [0.25, 0.3) is 11.1 Å². The number of nitrogens with zero attached hydrogens (tertiary/aromatic N) is 4. The summed E-state index contributed by atoms with van der Waals surface area (Å²) in [5.41, 5.74) is 27.5. The molecule has 0 atom stereocenters. The van der Waals surface area contributed by atoms with Crippen molar-refractivity contribution in [1.82, 2.24) is 0 Å². The maximum atomic E-state index is 7.39. The minimum atomic E-state index is -0.326. The van der Waals surface area contributed by atoms with E-state index in [1.54, 1.807) is 0 Å². The number of ether oxygens (including phenoxy) is 1. The molecule has 81 heavy (non-hydrogen) atoms. The van der Waals surface area contributed by atoms with Crippen molar-refractivity contribution in [2.75, 3.05) is 19.4 Å². The summed E-state index contributed by atoms with van der Waals surface area (Å²) < 4.78 is 7.39. The first-order chi connectivity index (χ1) is 38.9. The molecule has 0 N–H and O–H groups in total. The van der Waals surface area contributed by atoms with Crippen LogP contribution in [0.4, 0.5) is 56.9 Å². The zero-order chi connectivity index (χ0) is 55.9. The third-order valence-corrected chi connectivity index (χ3v) is 17.9. The lowest BCUT2D eigenvalue weighted by molar-refractivity contribution is 0.487. The van der Waals surface area contributed by atoms with Gasteiger partial charge in [-0.15, -0.1) is 0 Å². The van der Waals surface area contributed by atoms with Crippen LogP contribution in [0.1, 0.15) is 94.3 Å². The summed E-state index contributed by atoms with van der Waals surface area (Å²) >= 11 is 0. The first-order valence-corrected chi connectivity index (χ1v) is 28.9. The van der Waals surface area contributed by atoms with E-state index in [0.717, 1.165) is 62.6 Å². The molecule has 3 heterocycles. The molecular formula is C74H68B2N4O. The molecule has 0 unspecified atom stereocenters. The van der Waals surface area contributed by atoms with Crippen LogP contribution in [0, 0.1) is 20.8 Å². The Bertz CT molecular complexity index is 4070. The molecule has 0 bridgehead atoms. The molecule has 0 radical (unpaired) electrons. The highest BCUT2D eigenvalue weighted by atomic mass is 16.5. The minimum absolute atomic E-state index is 0.00224. The monoisotopic (exact) mass is 1050 g/mol. The average Bonchev–Trinajstić information content (AvgIpc) is 3.82. The molecule has 10 aromatic carbocycles. The van der Waals surface area contributed by atoms with Gasteiger partial charge in [-0.2, -0.15) is 0 Å². The molecule has 4 aliphatic rings. The van der Waals surface area contributed by atoms with Crippen LogP contribution < -0.4 is 46.0 Å². The third kappa shape index (κ3) is 8.05. The molecule has 0 fully saturated rings. The van der Waals surface area contributed by atoms with E-state index < -0.39 is 0 Å². The lowest BCUT2D eigenvalue weighted by Crippen LogP contribution is -2.59. The van der Waals surface area contributed by atoms with E-state index in [-0.39, 0.29) is 29.9 Å². The van der Waals surface area contributed by atoms with Gasteiger partial charge in [0, 0.05) is 50.9 Å². The lowest BCUT2D eigenvalue weighted by Gasteiger charge is -2.41. The Balaban J connectivity index is 1.01. The van der Waals surface area contributed by atoms with Gasteiger partial charge in [0.15, 0.2) is 0 Å². The maximum absolute atomic E-state index is 7.39. The van der Waals surface area contributed by atoms with Gasteiger partial charge >= 0.3 is 6.98 Å². The van der Waals surface area contributed by atoms with Crippen molar-refractivity contribution in [3.8, 4) is 22.6 Å². The largest absolute Gasteiger partial charge is 0.458 e. The zero-order valence-corrected chi connectivity index (χ0v) is 48.6. The Morgan fingerprint density at radius 3 is 1.53 bits per heavy atom. The van der Waals surface area contributed by atoms with Crippen molar-refractivity contribution < 1.29 is 4.74 Å². The SMILES string of the molecule is Cc1cc2c3c(c1)N(c1ccc(C(C)(C)C)cc1)c1cc4c(cc1B3c1cc3c(cc1O2)-c1ccc(N(c2ccccc2)c2ccccc2)cc1C3(C)C)N(c1ccccc1)B(c1c(C)cc(C(C)(C)C)cc1C)N4c1ccccc1. The van der Waals surface area contributed by atoms with Crippen molar-refractivity contribution in [1.29, 1.82) is 0 Å². The molecule has 1 aliphatic carbocycles. The lowest BCUT2D eigenvalue weighted by atomic mass is 9.34. The van der Waals surface area contributed by atoms with Crippen molar-refractivity contribution in [3.05, 3.63) is 251 Å². The van der Waals surface area contributed by atoms with Gasteiger partial charge in [0.25, 0.3) is 6.71 Å². The van der Waals surface area contributed by atoms with Gasteiger partial charge in [-0.3, -0.25) is 0 Å². The molecule has 14 rings (SSSR count). The van der Waals surface area contributed by atoms with Gasteiger partial charge in [0.2, 0.25) is 0 Å². The standard InChI is InChI=1S/C74H68B2N4O/c1-47-38-67-71-69(39-47)81-68-43-59-58-37-36-57(77(52-24-16-12-17-25-52)53-26-18-13-19-27-53)42-60(58)74(10,11)61(59)44-63(68)75(71)62-45-65-66(46-64(62)78(67)54-34-32-50(33-35-54)72(4,5)6)80(56-30-22-15-23-31-56)76(79(65)55-28-20-14-21-29-55)70-48(2)40-51(41-49(70)3)73(7,8)9/h12-46H,1-11H3. The van der Waals surface area contributed by atoms with Gasteiger partial charge in [-0.25, -0.2) is 0 Å². The van der Waals surface area contributed by atoms with Gasteiger partial charge in [-0.05, 0) is 196 Å². The minimum Gasteiger partial charge on any atom is -0.458 e. The number of hydrogen-bond donors (Lipinski definition) is 0. The summed E-state index contributed by atoms with van der Waals surface area (Å²) in [7, 11) is 0. The number of para-hydroxylation sites is 4. The smallest absolute Gasteiger partial charge is 0.421 e. The Morgan fingerprint density at radius 1 is 0.420 bits per heavy atom. The zero-order valence-electron chi connectivity index (χ0n) is 48.6. The van der Waals surface area contributed by atoms with Gasteiger partial charge in [0.05, 0.1) is 11.4 Å². The highest BCUT2D eigenvalue weighted by molar-refractivity contribution is 6.99. The first-order valence-electron chi connectivity index (χ1n) is 28.9. The molecule has 396 valence electrons. The number of rotatable bonds is 7. The number of aryl methyl sites for hydroxylation is 3. The number of hydrogen-bond acceptors (Lipinski definition) is 5. The summed E-state index contributed by atoms with van der Waals surface area (Å²) in [4.78, 5) is 10.1. The normalized spacial score (nSPS) is 14.4. The van der Waals surface area contributed by atoms with E-state index in [1.165, 1.54) is 77.7 Å². The number of anilines is 10. The molecule has 7 heteroatoms. The predicted octanol–water partition coefficient (Wildman–Crippen LogP) is 17.1. The van der Waals surface area contributed by atoms with Gasteiger partial charge in [0.1, 0.15) is 11.5 Å². The van der Waals surface area contributed by atoms with Crippen LogP contribution in [0.15, 0.2) is 212 Å². The fraction of sp³-hybridized carbons (Fsp3) is 0.189. The van der Waals surface area contributed by atoms with Crippen molar-refractivity contribution in [2.45, 2.75) is 92.4 Å². The second kappa shape index (κ2) is 18.4. The van der Waals surface area contributed by atoms with E-state index in [4.69, 9.17) is 4.74 Å². The highest BCUT2D eigenvalue weighted by Gasteiger charge is 2.50. The van der Waals surface area contributed by atoms with Crippen LogP contribution in [-0.4, -0.2) is 13.7 Å². The molecule has 0 aromatic heterocycles. The molecule has 0 amide bonds. The summed E-state index contributed by atoms with van der Waals surface area (Å²) in [5, 5.41) is 0. The van der Waals surface area contributed by atoms with E-state index in [9.17, 15) is 0 Å². The topological polar surface area (TPSA) is 22.2 Å². The van der Waals surface area contributed by atoms with E-state index in [0.29, 0.717) is 0 Å². The number of benzene rings is 10. The fourth-order valence-corrected chi connectivity index (χ4v) is 13.8. The van der Waals surface area contributed by atoms with Gasteiger partial charge in [-0.1, -0.05) is 176 Å². The third-order valence-electron chi connectivity index (χ3n) is 17.9. The predicted molar refractivity (Wildman–Crippen MR) is 345 cm³/mol. The van der Waals surface area contributed by atoms with Crippen molar-refractivity contribution >= 4 is 92.4 Å². The van der Waals surface area contributed by atoms with Crippen LogP contribution in [0.2, 0.25) is 0 Å². The first kappa shape index (κ1) is 50.5. The van der Waals surface area contributed by atoms with Gasteiger partial charge < -0.3 is 24.2 Å².